The number of aromatic nitrogens is 1. The molecule has 0 fully saturated rings. The van der Waals surface area contributed by atoms with Crippen LogP contribution in [0.1, 0.15) is 38.9 Å². The van der Waals surface area contributed by atoms with Gasteiger partial charge in [0.2, 0.25) is 0 Å². The Balaban J connectivity index is 2.67. The van der Waals surface area contributed by atoms with Crippen molar-refractivity contribution in [1.82, 2.24) is 10.3 Å². The van der Waals surface area contributed by atoms with Crippen molar-refractivity contribution in [2.24, 2.45) is 5.41 Å². The third-order valence-corrected chi connectivity index (χ3v) is 2.61. The largest absolute Gasteiger partial charge is 0.307 e. The summed E-state index contributed by atoms with van der Waals surface area (Å²) in [5, 5.41) is 12.2. The zero-order valence-corrected chi connectivity index (χ0v) is 10.5. The van der Waals surface area contributed by atoms with Crippen LogP contribution < -0.4 is 5.32 Å². The van der Waals surface area contributed by atoms with Crippen LogP contribution >= 0.6 is 0 Å². The van der Waals surface area contributed by atoms with Crippen LogP contribution in [-0.4, -0.2) is 11.5 Å². The molecular weight excluding hydrogens is 217 g/mol. The summed E-state index contributed by atoms with van der Waals surface area (Å²) in [7, 11) is 0. The predicted molar refractivity (Wildman–Crippen MR) is 64.6 cm³/mol. The van der Waals surface area contributed by atoms with E-state index in [4.69, 9.17) is 5.26 Å². The average Bonchev–Trinajstić information content (AvgIpc) is 2.32. The highest BCUT2D eigenvalue weighted by Gasteiger charge is 2.19. The molecule has 0 aliphatic carbocycles. The van der Waals surface area contributed by atoms with E-state index in [9.17, 15) is 4.39 Å². The number of hydrogen-bond acceptors (Lipinski definition) is 3. The Labute approximate surface area is 102 Å². The van der Waals surface area contributed by atoms with Crippen LogP contribution in [0.5, 0.6) is 0 Å². The maximum Gasteiger partial charge on any atom is 0.141 e. The van der Waals surface area contributed by atoms with Crippen molar-refractivity contribution < 1.29 is 4.39 Å². The smallest absolute Gasteiger partial charge is 0.141 e. The maximum atomic E-state index is 12.8. The summed E-state index contributed by atoms with van der Waals surface area (Å²) in [6.45, 7) is 6.37. The molecule has 0 aromatic carbocycles. The lowest BCUT2D eigenvalue weighted by Crippen LogP contribution is -2.31. The monoisotopic (exact) mass is 235 g/mol. The Hall–Kier alpha value is -1.47. The molecular formula is C13H18FN3. The molecule has 1 unspecified atom stereocenters. The molecule has 1 rings (SSSR count). The molecule has 0 bridgehead atoms. The van der Waals surface area contributed by atoms with E-state index in [2.05, 4.69) is 16.4 Å². The predicted octanol–water partition coefficient (Wildman–Crippen LogP) is 2.81. The minimum absolute atomic E-state index is 0.0585. The Morgan fingerprint density at radius 2 is 2.24 bits per heavy atom. The van der Waals surface area contributed by atoms with Crippen molar-refractivity contribution in [2.75, 3.05) is 6.54 Å². The van der Waals surface area contributed by atoms with Gasteiger partial charge in [-0.05, 0) is 32.4 Å². The van der Waals surface area contributed by atoms with Crippen molar-refractivity contribution in [1.29, 1.82) is 5.26 Å². The van der Waals surface area contributed by atoms with Gasteiger partial charge in [0, 0.05) is 12.6 Å². The number of rotatable bonds is 5. The molecule has 1 atom stereocenters. The van der Waals surface area contributed by atoms with Gasteiger partial charge in [0.25, 0.3) is 0 Å². The van der Waals surface area contributed by atoms with Gasteiger partial charge in [0.05, 0.1) is 23.4 Å². The van der Waals surface area contributed by atoms with E-state index < -0.39 is 5.41 Å². The number of nitrogens with one attached hydrogen (secondary N) is 1. The molecule has 17 heavy (non-hydrogen) atoms. The van der Waals surface area contributed by atoms with E-state index in [0.29, 0.717) is 6.54 Å². The van der Waals surface area contributed by atoms with Crippen molar-refractivity contribution in [3.63, 3.8) is 0 Å². The van der Waals surface area contributed by atoms with Gasteiger partial charge in [0.1, 0.15) is 5.82 Å². The van der Waals surface area contributed by atoms with Gasteiger partial charge < -0.3 is 5.32 Å². The molecule has 4 heteroatoms. The second kappa shape index (κ2) is 5.74. The van der Waals surface area contributed by atoms with Gasteiger partial charge in [0.15, 0.2) is 0 Å². The van der Waals surface area contributed by atoms with Crippen LogP contribution in [0.2, 0.25) is 0 Å². The minimum atomic E-state index is -0.409. The lowest BCUT2D eigenvalue weighted by molar-refractivity contribution is 0.394. The van der Waals surface area contributed by atoms with Crippen LogP contribution in [0.3, 0.4) is 0 Å². The lowest BCUT2D eigenvalue weighted by Gasteiger charge is -2.22. The van der Waals surface area contributed by atoms with Crippen molar-refractivity contribution >= 4 is 0 Å². The molecule has 0 aliphatic heterocycles. The summed E-state index contributed by atoms with van der Waals surface area (Å²) in [5.41, 5.74) is 0.399. The van der Waals surface area contributed by atoms with Gasteiger partial charge >= 0.3 is 0 Å². The molecule has 3 nitrogen and oxygen atoms in total. The number of nitriles is 1. The fourth-order valence-electron chi connectivity index (χ4n) is 1.47. The van der Waals surface area contributed by atoms with Crippen molar-refractivity contribution in [2.45, 2.75) is 33.2 Å². The number of hydrogen-bond donors (Lipinski definition) is 1. The summed E-state index contributed by atoms with van der Waals surface area (Å²) in [6, 6.07) is 5.38. The molecule has 1 N–H and O–H groups in total. The highest BCUT2D eigenvalue weighted by atomic mass is 19.1. The summed E-state index contributed by atoms with van der Waals surface area (Å²) >= 11 is 0. The third-order valence-electron chi connectivity index (χ3n) is 2.61. The third kappa shape index (κ3) is 4.12. The Morgan fingerprint density at radius 1 is 1.53 bits per heavy atom. The van der Waals surface area contributed by atoms with E-state index in [1.807, 2.05) is 20.8 Å². The van der Waals surface area contributed by atoms with E-state index in [1.165, 1.54) is 12.3 Å². The summed E-state index contributed by atoms with van der Waals surface area (Å²) in [4.78, 5) is 4.06. The minimum Gasteiger partial charge on any atom is -0.307 e. The molecule has 0 spiro atoms. The van der Waals surface area contributed by atoms with Gasteiger partial charge in [-0.2, -0.15) is 5.26 Å². The van der Waals surface area contributed by atoms with E-state index in [1.54, 1.807) is 6.07 Å². The van der Waals surface area contributed by atoms with Crippen LogP contribution in [0.25, 0.3) is 0 Å². The first kappa shape index (κ1) is 13.6. The summed E-state index contributed by atoms with van der Waals surface area (Å²) in [5.74, 6) is -0.332. The zero-order chi connectivity index (χ0) is 12.9. The van der Waals surface area contributed by atoms with Crippen LogP contribution in [0.15, 0.2) is 18.3 Å². The molecule has 1 aromatic rings. The number of halogens is 1. The number of nitrogens with zero attached hydrogens (tertiary/aromatic N) is 2. The average molecular weight is 235 g/mol. The summed E-state index contributed by atoms with van der Waals surface area (Å²) < 4.78 is 12.8. The number of pyridine rings is 1. The quantitative estimate of drug-likeness (QED) is 0.853. The highest BCUT2D eigenvalue weighted by Crippen LogP contribution is 2.18. The first-order valence-electron chi connectivity index (χ1n) is 5.74. The first-order chi connectivity index (χ1) is 7.98. The van der Waals surface area contributed by atoms with E-state index in [0.717, 1.165) is 12.1 Å². The normalized spacial score (nSPS) is 13.1. The molecule has 92 valence electrons. The van der Waals surface area contributed by atoms with Crippen molar-refractivity contribution in [3.8, 4) is 6.07 Å². The van der Waals surface area contributed by atoms with Gasteiger partial charge in [-0.3, -0.25) is 4.98 Å². The van der Waals surface area contributed by atoms with Gasteiger partial charge in [-0.15, -0.1) is 0 Å². The molecule has 0 amide bonds. The fraction of sp³-hybridized carbons (Fsp3) is 0.538. The molecule has 0 radical (unpaired) electrons. The standard InChI is InChI=1S/C13H18FN3/c1-4-11(17-9-13(2,3)8-15)12-6-5-10(14)7-16-12/h5-7,11,17H,4,9H2,1-3H3. The lowest BCUT2D eigenvalue weighted by atomic mass is 9.95. The van der Waals surface area contributed by atoms with E-state index >= 15 is 0 Å². The second-order valence-electron chi connectivity index (χ2n) is 4.74. The fourth-order valence-corrected chi connectivity index (χ4v) is 1.47. The van der Waals surface area contributed by atoms with Gasteiger partial charge in [-0.25, -0.2) is 4.39 Å². The molecule has 0 saturated carbocycles. The Kier molecular flexibility index (Phi) is 4.59. The maximum absolute atomic E-state index is 12.8. The topological polar surface area (TPSA) is 48.7 Å². The van der Waals surface area contributed by atoms with Crippen molar-refractivity contribution in [3.05, 3.63) is 29.8 Å². The SMILES string of the molecule is CCC(NCC(C)(C)C#N)c1ccc(F)cn1. The molecule has 0 saturated heterocycles. The highest BCUT2D eigenvalue weighted by molar-refractivity contribution is 5.10. The summed E-state index contributed by atoms with van der Waals surface area (Å²) in [6.07, 6.45) is 2.06. The molecule has 1 heterocycles. The molecule has 0 aliphatic rings. The van der Waals surface area contributed by atoms with E-state index in [-0.39, 0.29) is 11.9 Å². The van der Waals surface area contributed by atoms with Crippen LogP contribution in [0, 0.1) is 22.6 Å². The zero-order valence-electron chi connectivity index (χ0n) is 10.5. The molecule has 1 aromatic heterocycles. The second-order valence-corrected chi connectivity index (χ2v) is 4.74. The van der Waals surface area contributed by atoms with Crippen LogP contribution in [0.4, 0.5) is 4.39 Å². The van der Waals surface area contributed by atoms with Gasteiger partial charge in [-0.1, -0.05) is 6.92 Å². The first-order valence-corrected chi connectivity index (χ1v) is 5.74. The van der Waals surface area contributed by atoms with Crippen LogP contribution in [-0.2, 0) is 0 Å². The Bertz CT molecular complexity index is 392. The Morgan fingerprint density at radius 3 is 2.71 bits per heavy atom.